The van der Waals surface area contributed by atoms with Crippen LogP contribution in [0.15, 0.2) is 48.7 Å². The van der Waals surface area contributed by atoms with Crippen molar-refractivity contribution in [2.24, 2.45) is 0 Å². The summed E-state index contributed by atoms with van der Waals surface area (Å²) in [5.41, 5.74) is 1.92. The lowest BCUT2D eigenvalue weighted by Gasteiger charge is -2.35. The van der Waals surface area contributed by atoms with E-state index >= 15 is 0 Å². The van der Waals surface area contributed by atoms with Crippen molar-refractivity contribution in [3.05, 3.63) is 59.8 Å². The number of hydrogen-bond acceptors (Lipinski definition) is 3. The number of rotatable bonds is 5. The smallest absolute Gasteiger partial charge is 0.254 e. The molecule has 0 bridgehead atoms. The van der Waals surface area contributed by atoms with Crippen molar-refractivity contribution in [2.45, 2.75) is 58.7 Å². The summed E-state index contributed by atoms with van der Waals surface area (Å²) in [4.78, 5) is 22.2. The lowest BCUT2D eigenvalue weighted by molar-refractivity contribution is 0.0735. The van der Waals surface area contributed by atoms with Crippen LogP contribution in [0.4, 0.5) is 5.82 Å². The number of benzene rings is 1. The van der Waals surface area contributed by atoms with Crippen molar-refractivity contribution in [3.8, 4) is 0 Å². The number of anilines is 1. The van der Waals surface area contributed by atoms with Gasteiger partial charge in [-0.15, -0.1) is 0 Å². The molecule has 26 heavy (non-hydrogen) atoms. The molecular formula is C22H29N3O. The highest BCUT2D eigenvalue weighted by molar-refractivity contribution is 5.94. The molecule has 0 N–H and O–H groups in total. The van der Waals surface area contributed by atoms with Gasteiger partial charge in [-0.05, 0) is 58.7 Å². The van der Waals surface area contributed by atoms with E-state index in [9.17, 15) is 4.79 Å². The molecule has 2 heterocycles. The number of aromatic nitrogens is 1. The highest BCUT2D eigenvalue weighted by Gasteiger charge is 2.33. The van der Waals surface area contributed by atoms with Gasteiger partial charge in [-0.2, -0.15) is 0 Å². The molecule has 1 aliphatic heterocycles. The molecule has 1 aromatic carbocycles. The quantitative estimate of drug-likeness (QED) is 0.784. The maximum Gasteiger partial charge on any atom is 0.254 e. The monoisotopic (exact) mass is 351 g/mol. The predicted molar refractivity (Wildman–Crippen MR) is 106 cm³/mol. The number of carbonyl (C=O) groups is 1. The number of pyridine rings is 1. The first-order valence-electron chi connectivity index (χ1n) is 9.60. The van der Waals surface area contributed by atoms with Gasteiger partial charge in [0.05, 0.1) is 6.04 Å². The summed E-state index contributed by atoms with van der Waals surface area (Å²) in [6, 6.07) is 14.5. The molecule has 1 saturated heterocycles. The van der Waals surface area contributed by atoms with Crippen molar-refractivity contribution in [1.29, 1.82) is 0 Å². The minimum Gasteiger partial charge on any atom is -0.351 e. The van der Waals surface area contributed by atoms with Crippen LogP contribution in [0.2, 0.25) is 0 Å². The number of hydrogen-bond donors (Lipinski definition) is 0. The molecule has 4 heteroatoms. The maximum absolute atomic E-state index is 13.1. The molecule has 1 aliphatic rings. The number of carbonyl (C=O) groups excluding carboxylic acids is 1. The zero-order valence-corrected chi connectivity index (χ0v) is 16.2. The van der Waals surface area contributed by atoms with Gasteiger partial charge < -0.3 is 9.80 Å². The highest BCUT2D eigenvalue weighted by Crippen LogP contribution is 2.38. The van der Waals surface area contributed by atoms with Crippen molar-refractivity contribution < 1.29 is 4.79 Å². The average molecular weight is 351 g/mol. The van der Waals surface area contributed by atoms with E-state index in [-0.39, 0.29) is 11.9 Å². The van der Waals surface area contributed by atoms with E-state index in [0.29, 0.717) is 12.1 Å². The van der Waals surface area contributed by atoms with E-state index in [1.807, 2.05) is 47.5 Å². The maximum atomic E-state index is 13.1. The minimum absolute atomic E-state index is 0.0893. The van der Waals surface area contributed by atoms with Gasteiger partial charge in [0.2, 0.25) is 0 Å². The predicted octanol–water partition coefficient (Wildman–Crippen LogP) is 4.68. The van der Waals surface area contributed by atoms with Gasteiger partial charge in [0.15, 0.2) is 0 Å². The molecule has 0 unspecified atom stereocenters. The van der Waals surface area contributed by atoms with Crippen LogP contribution in [-0.4, -0.2) is 34.4 Å². The van der Waals surface area contributed by atoms with Crippen LogP contribution >= 0.6 is 0 Å². The molecule has 1 amide bonds. The van der Waals surface area contributed by atoms with E-state index in [1.165, 1.54) is 0 Å². The first kappa shape index (κ1) is 18.4. The molecule has 0 spiro atoms. The molecule has 3 rings (SSSR count). The number of likely N-dealkylation sites (tertiary alicyclic amines) is 1. The van der Waals surface area contributed by atoms with Crippen LogP contribution in [0.5, 0.6) is 0 Å². The van der Waals surface area contributed by atoms with Crippen LogP contribution in [0.3, 0.4) is 0 Å². The fraction of sp³-hybridized carbons (Fsp3) is 0.455. The Balaban J connectivity index is 1.97. The largest absolute Gasteiger partial charge is 0.351 e. The first-order valence-corrected chi connectivity index (χ1v) is 9.60. The Kier molecular flexibility index (Phi) is 5.60. The first-order chi connectivity index (χ1) is 12.5. The van der Waals surface area contributed by atoms with Crippen LogP contribution in [0.1, 0.15) is 62.5 Å². The third kappa shape index (κ3) is 3.59. The summed E-state index contributed by atoms with van der Waals surface area (Å²) in [5.74, 6) is 1.12. The summed E-state index contributed by atoms with van der Waals surface area (Å²) in [7, 11) is 0. The summed E-state index contributed by atoms with van der Waals surface area (Å²) in [6.07, 6.45) is 3.87. The second kappa shape index (κ2) is 7.90. The molecular weight excluding hydrogens is 322 g/mol. The summed E-state index contributed by atoms with van der Waals surface area (Å²) in [5, 5.41) is 0. The molecule has 138 valence electrons. The van der Waals surface area contributed by atoms with Crippen LogP contribution in [0, 0.1) is 0 Å². The molecule has 2 aromatic rings. The fourth-order valence-corrected chi connectivity index (χ4v) is 4.05. The number of nitrogens with zero attached hydrogens (tertiary/aromatic N) is 3. The van der Waals surface area contributed by atoms with E-state index in [4.69, 9.17) is 4.98 Å². The standard InChI is InChI=1S/C22H29N3O/c1-16(2)25(17(3)4)21-19(12-8-14-23-21)20-13-9-15-24(20)22(26)18-10-6-5-7-11-18/h5-8,10-12,14,16-17,20H,9,13,15H2,1-4H3/t20-/m0/s1. The van der Waals surface area contributed by atoms with Gasteiger partial charge in [0.1, 0.15) is 5.82 Å². The summed E-state index contributed by atoms with van der Waals surface area (Å²) < 4.78 is 0. The molecule has 0 aliphatic carbocycles. The normalized spacial score (nSPS) is 17.2. The van der Waals surface area contributed by atoms with E-state index in [2.05, 4.69) is 38.7 Å². The zero-order chi connectivity index (χ0) is 18.7. The number of amides is 1. The minimum atomic E-state index is 0.0893. The molecule has 0 radical (unpaired) electrons. The van der Waals surface area contributed by atoms with Gasteiger partial charge in [-0.25, -0.2) is 4.98 Å². The van der Waals surface area contributed by atoms with Crippen molar-refractivity contribution in [2.75, 3.05) is 11.4 Å². The van der Waals surface area contributed by atoms with Gasteiger partial charge in [-0.1, -0.05) is 24.3 Å². The summed E-state index contributed by atoms with van der Waals surface area (Å²) >= 11 is 0. The Morgan fingerprint density at radius 2 is 1.77 bits per heavy atom. The van der Waals surface area contributed by atoms with Crippen molar-refractivity contribution >= 4 is 11.7 Å². The lowest BCUT2D eigenvalue weighted by Crippen LogP contribution is -2.39. The highest BCUT2D eigenvalue weighted by atomic mass is 16.2. The van der Waals surface area contributed by atoms with E-state index < -0.39 is 0 Å². The second-order valence-corrected chi connectivity index (χ2v) is 7.53. The van der Waals surface area contributed by atoms with Crippen LogP contribution < -0.4 is 4.90 Å². The fourth-order valence-electron chi connectivity index (χ4n) is 4.05. The van der Waals surface area contributed by atoms with Gasteiger partial charge in [0, 0.05) is 36.0 Å². The molecule has 0 saturated carbocycles. The topological polar surface area (TPSA) is 36.4 Å². The third-order valence-electron chi connectivity index (χ3n) is 5.07. The Labute approximate surface area is 156 Å². The summed E-state index contributed by atoms with van der Waals surface area (Å²) in [6.45, 7) is 9.58. The second-order valence-electron chi connectivity index (χ2n) is 7.53. The Morgan fingerprint density at radius 3 is 2.42 bits per heavy atom. The van der Waals surface area contributed by atoms with Crippen molar-refractivity contribution in [1.82, 2.24) is 9.88 Å². The molecule has 1 fully saturated rings. The van der Waals surface area contributed by atoms with E-state index in [1.54, 1.807) is 0 Å². The Bertz CT molecular complexity index is 734. The van der Waals surface area contributed by atoms with Crippen LogP contribution in [0.25, 0.3) is 0 Å². The Hall–Kier alpha value is -2.36. The average Bonchev–Trinajstić information content (AvgIpc) is 3.11. The molecule has 1 atom stereocenters. The van der Waals surface area contributed by atoms with E-state index in [0.717, 1.165) is 36.3 Å². The Morgan fingerprint density at radius 1 is 1.08 bits per heavy atom. The van der Waals surface area contributed by atoms with Crippen LogP contribution in [-0.2, 0) is 0 Å². The third-order valence-corrected chi connectivity index (χ3v) is 5.07. The lowest BCUT2D eigenvalue weighted by atomic mass is 10.0. The molecule has 1 aromatic heterocycles. The SMILES string of the molecule is CC(C)N(c1ncccc1[C@@H]1CCCN1C(=O)c1ccccc1)C(C)C. The zero-order valence-electron chi connectivity index (χ0n) is 16.2. The van der Waals surface area contributed by atoms with Gasteiger partial charge in [-0.3, -0.25) is 4.79 Å². The molecule has 4 nitrogen and oxygen atoms in total. The van der Waals surface area contributed by atoms with Gasteiger partial charge in [0.25, 0.3) is 5.91 Å². The van der Waals surface area contributed by atoms with Gasteiger partial charge >= 0.3 is 0 Å². The van der Waals surface area contributed by atoms with Crippen molar-refractivity contribution in [3.63, 3.8) is 0 Å².